The molecule has 1 aromatic carbocycles. The smallest absolute Gasteiger partial charge is 0.303 e. The SMILES string of the molecule is O=C(O)CCCCC(=O)c1cc2c(cc1Cl)OCCO2. The van der Waals surface area contributed by atoms with Gasteiger partial charge in [-0.15, -0.1) is 0 Å². The molecule has 2 rings (SSSR count). The first-order valence-electron chi connectivity index (χ1n) is 6.42. The third-order valence-electron chi connectivity index (χ3n) is 2.98. The van der Waals surface area contributed by atoms with E-state index < -0.39 is 5.97 Å². The van der Waals surface area contributed by atoms with Crippen molar-refractivity contribution >= 4 is 23.4 Å². The number of Topliss-reactive ketones (excluding diaryl/α,β-unsaturated/α-hetero) is 1. The van der Waals surface area contributed by atoms with E-state index in [0.29, 0.717) is 48.1 Å². The molecule has 0 aromatic heterocycles. The summed E-state index contributed by atoms with van der Waals surface area (Å²) in [4.78, 5) is 22.5. The van der Waals surface area contributed by atoms with E-state index in [-0.39, 0.29) is 18.6 Å². The van der Waals surface area contributed by atoms with Gasteiger partial charge in [-0.3, -0.25) is 9.59 Å². The van der Waals surface area contributed by atoms with Crippen LogP contribution in [0.25, 0.3) is 0 Å². The zero-order chi connectivity index (χ0) is 14.5. The van der Waals surface area contributed by atoms with Crippen LogP contribution in [0, 0.1) is 0 Å². The van der Waals surface area contributed by atoms with Gasteiger partial charge >= 0.3 is 5.97 Å². The summed E-state index contributed by atoms with van der Waals surface area (Å²) in [6.45, 7) is 0.909. The Morgan fingerprint density at radius 1 is 1.10 bits per heavy atom. The van der Waals surface area contributed by atoms with Crippen molar-refractivity contribution in [2.45, 2.75) is 25.7 Å². The Kier molecular flexibility index (Phi) is 4.84. The highest BCUT2D eigenvalue weighted by atomic mass is 35.5. The molecule has 0 unspecified atom stereocenters. The van der Waals surface area contributed by atoms with Crippen molar-refractivity contribution in [1.82, 2.24) is 0 Å². The van der Waals surface area contributed by atoms with Crippen molar-refractivity contribution in [3.05, 3.63) is 22.7 Å². The number of unbranched alkanes of at least 4 members (excludes halogenated alkanes) is 1. The maximum absolute atomic E-state index is 12.1. The molecule has 1 aliphatic rings. The molecule has 1 aromatic rings. The molecule has 1 heterocycles. The number of fused-ring (bicyclic) bond motifs is 1. The molecule has 0 bridgehead atoms. The number of carbonyl (C=O) groups is 2. The molecule has 1 aliphatic heterocycles. The molecular weight excluding hydrogens is 284 g/mol. The molecule has 0 amide bonds. The fourth-order valence-electron chi connectivity index (χ4n) is 1.97. The van der Waals surface area contributed by atoms with Gasteiger partial charge < -0.3 is 14.6 Å². The number of carboxylic acid groups (broad SMARTS) is 1. The maximum atomic E-state index is 12.1. The van der Waals surface area contributed by atoms with E-state index in [0.717, 1.165) is 0 Å². The van der Waals surface area contributed by atoms with Crippen LogP contribution in [0.2, 0.25) is 5.02 Å². The van der Waals surface area contributed by atoms with Crippen molar-refractivity contribution in [3.63, 3.8) is 0 Å². The summed E-state index contributed by atoms with van der Waals surface area (Å²) in [5.41, 5.74) is 0.395. The lowest BCUT2D eigenvalue weighted by molar-refractivity contribution is -0.137. The summed E-state index contributed by atoms with van der Waals surface area (Å²) in [7, 11) is 0. The van der Waals surface area contributed by atoms with Crippen LogP contribution in [0.15, 0.2) is 12.1 Å². The normalized spacial score (nSPS) is 13.1. The lowest BCUT2D eigenvalue weighted by atomic mass is 10.0. The molecule has 108 valence electrons. The number of hydrogen-bond acceptors (Lipinski definition) is 4. The molecule has 0 saturated carbocycles. The molecule has 0 radical (unpaired) electrons. The minimum absolute atomic E-state index is 0.0716. The summed E-state index contributed by atoms with van der Waals surface area (Å²) in [6, 6.07) is 3.18. The summed E-state index contributed by atoms with van der Waals surface area (Å²) < 4.78 is 10.8. The highest BCUT2D eigenvalue weighted by Gasteiger charge is 2.18. The van der Waals surface area contributed by atoms with E-state index >= 15 is 0 Å². The molecule has 0 spiro atoms. The molecule has 0 saturated heterocycles. The van der Waals surface area contributed by atoms with Crippen LogP contribution in [-0.2, 0) is 4.79 Å². The second-order valence-corrected chi connectivity index (χ2v) is 4.91. The van der Waals surface area contributed by atoms with Gasteiger partial charge in [0.2, 0.25) is 0 Å². The minimum Gasteiger partial charge on any atom is -0.486 e. The van der Waals surface area contributed by atoms with Gasteiger partial charge in [0.1, 0.15) is 13.2 Å². The average molecular weight is 299 g/mol. The lowest BCUT2D eigenvalue weighted by Crippen LogP contribution is -2.16. The zero-order valence-electron chi connectivity index (χ0n) is 10.9. The van der Waals surface area contributed by atoms with Gasteiger partial charge in [0.15, 0.2) is 17.3 Å². The number of carboxylic acids is 1. The molecule has 20 heavy (non-hydrogen) atoms. The maximum Gasteiger partial charge on any atom is 0.303 e. The number of rotatable bonds is 6. The summed E-state index contributed by atoms with van der Waals surface area (Å²) >= 11 is 6.07. The van der Waals surface area contributed by atoms with Gasteiger partial charge in [-0.25, -0.2) is 0 Å². The Labute approximate surface area is 121 Å². The Hall–Kier alpha value is -1.75. The number of hydrogen-bond donors (Lipinski definition) is 1. The third-order valence-corrected chi connectivity index (χ3v) is 3.29. The van der Waals surface area contributed by atoms with E-state index in [9.17, 15) is 9.59 Å². The van der Waals surface area contributed by atoms with Crippen LogP contribution >= 0.6 is 11.6 Å². The Bertz CT molecular complexity index is 527. The number of halogens is 1. The van der Waals surface area contributed by atoms with Crippen LogP contribution in [0.3, 0.4) is 0 Å². The van der Waals surface area contributed by atoms with Crippen LogP contribution in [0.5, 0.6) is 11.5 Å². The Morgan fingerprint density at radius 3 is 2.35 bits per heavy atom. The van der Waals surface area contributed by atoms with E-state index in [1.54, 1.807) is 12.1 Å². The standard InChI is InChI=1S/C14H15ClO5/c15-10-8-13-12(19-5-6-20-13)7-9(10)11(16)3-1-2-4-14(17)18/h7-8H,1-6H2,(H,17,18). The Balaban J connectivity index is 2.00. The van der Waals surface area contributed by atoms with Crippen LogP contribution in [0.4, 0.5) is 0 Å². The lowest BCUT2D eigenvalue weighted by Gasteiger charge is -2.19. The van der Waals surface area contributed by atoms with Crippen molar-refractivity contribution in [2.75, 3.05) is 13.2 Å². The number of benzene rings is 1. The second-order valence-electron chi connectivity index (χ2n) is 4.50. The summed E-state index contributed by atoms with van der Waals surface area (Å²) in [5, 5.41) is 8.87. The van der Waals surface area contributed by atoms with Gasteiger partial charge in [0.05, 0.1) is 5.02 Å². The molecule has 0 fully saturated rings. The molecular formula is C14H15ClO5. The summed E-state index contributed by atoms with van der Waals surface area (Å²) in [6.07, 6.45) is 1.34. The first kappa shape index (κ1) is 14.7. The van der Waals surface area contributed by atoms with Gasteiger partial charge in [0.25, 0.3) is 0 Å². The summed E-state index contributed by atoms with van der Waals surface area (Å²) in [5.74, 6) is 0.102. The number of ether oxygens (including phenoxy) is 2. The minimum atomic E-state index is -0.852. The molecule has 0 atom stereocenters. The second kappa shape index (κ2) is 6.61. The van der Waals surface area contributed by atoms with Crippen molar-refractivity contribution in [2.24, 2.45) is 0 Å². The van der Waals surface area contributed by atoms with Gasteiger partial charge in [-0.1, -0.05) is 11.6 Å². The van der Waals surface area contributed by atoms with E-state index in [1.807, 2.05) is 0 Å². The first-order valence-corrected chi connectivity index (χ1v) is 6.80. The zero-order valence-corrected chi connectivity index (χ0v) is 11.6. The monoisotopic (exact) mass is 298 g/mol. The van der Waals surface area contributed by atoms with Gasteiger partial charge in [0, 0.05) is 24.5 Å². The molecule has 1 N–H and O–H groups in total. The fraction of sp³-hybridized carbons (Fsp3) is 0.429. The predicted molar refractivity (Wildman–Crippen MR) is 72.9 cm³/mol. The quantitative estimate of drug-likeness (QED) is 0.645. The first-order chi connectivity index (χ1) is 9.58. The van der Waals surface area contributed by atoms with Gasteiger partial charge in [-0.2, -0.15) is 0 Å². The third kappa shape index (κ3) is 3.63. The van der Waals surface area contributed by atoms with Crippen molar-refractivity contribution in [1.29, 1.82) is 0 Å². The van der Waals surface area contributed by atoms with Gasteiger partial charge in [-0.05, 0) is 18.9 Å². The fourth-order valence-corrected chi connectivity index (χ4v) is 2.23. The van der Waals surface area contributed by atoms with Crippen molar-refractivity contribution < 1.29 is 24.2 Å². The van der Waals surface area contributed by atoms with Crippen LogP contribution in [0.1, 0.15) is 36.0 Å². The van der Waals surface area contributed by atoms with Crippen LogP contribution in [-0.4, -0.2) is 30.1 Å². The van der Waals surface area contributed by atoms with E-state index in [1.165, 1.54) is 0 Å². The van der Waals surface area contributed by atoms with E-state index in [2.05, 4.69) is 0 Å². The Morgan fingerprint density at radius 2 is 1.70 bits per heavy atom. The number of ketones is 1. The predicted octanol–water partition coefficient (Wildman–Crippen LogP) is 2.94. The number of aliphatic carboxylic acids is 1. The molecule has 5 nitrogen and oxygen atoms in total. The molecule has 6 heteroatoms. The highest BCUT2D eigenvalue weighted by molar-refractivity contribution is 6.34. The van der Waals surface area contributed by atoms with Crippen molar-refractivity contribution in [3.8, 4) is 11.5 Å². The average Bonchev–Trinajstić information content (AvgIpc) is 2.42. The molecule has 0 aliphatic carbocycles. The number of carbonyl (C=O) groups excluding carboxylic acids is 1. The largest absolute Gasteiger partial charge is 0.486 e. The topological polar surface area (TPSA) is 72.8 Å². The van der Waals surface area contributed by atoms with Crippen LogP contribution < -0.4 is 9.47 Å². The highest BCUT2D eigenvalue weighted by Crippen LogP contribution is 2.35. The van der Waals surface area contributed by atoms with E-state index in [4.69, 9.17) is 26.2 Å².